The molecule has 0 aromatic heterocycles. The third-order valence-electron chi connectivity index (χ3n) is 13.3. The van der Waals surface area contributed by atoms with E-state index < -0.39 is 18.2 Å². The van der Waals surface area contributed by atoms with Gasteiger partial charge in [-0.05, 0) is 86.8 Å². The van der Waals surface area contributed by atoms with Crippen molar-refractivity contribution in [3.8, 4) is 101 Å². The molecule has 0 atom stereocenters. The van der Waals surface area contributed by atoms with E-state index in [4.69, 9.17) is 0 Å². The summed E-state index contributed by atoms with van der Waals surface area (Å²) in [7, 11) is 0.120. The molecule has 0 radical (unpaired) electrons. The first-order valence-electron chi connectivity index (χ1n) is 27.4. The normalized spacial score (nSPS) is 10.4. The molecule has 82 heavy (non-hydrogen) atoms. The van der Waals surface area contributed by atoms with E-state index in [-0.39, 0.29) is 7.92 Å². The summed E-state index contributed by atoms with van der Waals surface area (Å²) in [5, 5.41) is 23.6. The predicted molar refractivity (Wildman–Crippen MR) is 348 cm³/mol. The number of aromatic hydroxyl groups is 2. The van der Waals surface area contributed by atoms with Crippen molar-refractivity contribution < 1.29 is 28.4 Å². The molecule has 6 heteroatoms. The Balaban J connectivity index is 0.000000150. The second-order valence-electron chi connectivity index (χ2n) is 20.0. The van der Waals surface area contributed by atoms with Crippen LogP contribution in [0.4, 0.5) is 11.4 Å². The summed E-state index contributed by atoms with van der Waals surface area (Å²) >= 11 is -0.993. The number of benzene rings is 12. The van der Waals surface area contributed by atoms with Crippen LogP contribution in [0, 0.1) is 6.92 Å². The number of nitrogens with zero attached hydrogens (tertiary/aromatic N) is 2. The van der Waals surface area contributed by atoms with Crippen LogP contribution >= 0.6 is 7.92 Å². The molecule has 0 fully saturated rings. The molecule has 0 aliphatic rings. The molecule has 0 bridgehead atoms. The van der Waals surface area contributed by atoms with Crippen molar-refractivity contribution in [2.24, 2.45) is 6.99 Å². The molecule has 0 amide bonds. The van der Waals surface area contributed by atoms with Crippen molar-refractivity contribution >= 4 is 19.3 Å². The molecule has 12 rings (SSSR count). The molecule has 0 aliphatic heterocycles. The molecule has 12 aromatic rings. The second kappa shape index (κ2) is 29.4. The van der Waals surface area contributed by atoms with E-state index in [1.807, 2.05) is 176 Å². The van der Waals surface area contributed by atoms with Crippen LogP contribution in [-0.4, -0.2) is 30.2 Å². The van der Waals surface area contributed by atoms with Crippen LogP contribution in [0.2, 0.25) is 0 Å². The van der Waals surface area contributed by atoms with Gasteiger partial charge in [0, 0.05) is 42.2 Å². The minimum atomic E-state index is -0.993. The molecule has 4 nitrogen and oxygen atoms in total. The average molecular weight is 1250 g/mol. The van der Waals surface area contributed by atoms with E-state index in [0.717, 1.165) is 100 Å². The Morgan fingerprint density at radius 2 is 0.463 bits per heavy atom. The van der Waals surface area contributed by atoms with Gasteiger partial charge in [-0.2, -0.15) is 0 Å². The van der Waals surface area contributed by atoms with E-state index in [9.17, 15) is 10.2 Å². The summed E-state index contributed by atoms with van der Waals surface area (Å²) in [6.45, 7) is 8.89. The third-order valence-corrected chi connectivity index (χ3v) is 15.4. The van der Waals surface area contributed by atoms with E-state index in [1.54, 1.807) is 0 Å². The minimum Gasteiger partial charge on any atom is -0.507 e. The predicted octanol–water partition coefficient (Wildman–Crippen LogP) is 21.6. The zero-order chi connectivity index (χ0) is 56.9. The van der Waals surface area contributed by atoms with Crippen molar-refractivity contribution in [3.05, 3.63) is 315 Å². The second-order valence-corrected chi connectivity index (χ2v) is 24.9. The molecule has 0 saturated heterocycles. The summed E-state index contributed by atoms with van der Waals surface area (Å²) < 4.78 is 9.07. The first kappa shape index (κ1) is 57.6. The molecular formula is C76H66N2O2PW+. The largest absolute Gasteiger partial charge is 0.507 e. The first-order valence-corrected chi connectivity index (χ1v) is 33.1. The van der Waals surface area contributed by atoms with Gasteiger partial charge in [-0.25, -0.2) is 0 Å². The van der Waals surface area contributed by atoms with Crippen LogP contribution < -0.4 is 0 Å². The number of hydrogen-bond donors (Lipinski definition) is 2. The number of rotatable bonds is 10. The van der Waals surface area contributed by atoms with Gasteiger partial charge in [-0.1, -0.05) is 243 Å². The van der Waals surface area contributed by atoms with Crippen LogP contribution in [0.1, 0.15) is 5.56 Å². The number of hydrogen-bond acceptors (Lipinski definition) is 4. The standard InChI is InChI=1S/2C30H22O.C7H7N.C6H5N.C3H9P.W/c2*31-30-28(24-17-9-3-10-18-24)26(22-13-5-1-6-14-22)21-27(23-15-7-2-8-16-23)29(30)25-19-11-4-12-20-25;1-6-2-4-7(8)5-3-6;7-6-4-2-1-3-5-6;1-4(2)3;/h2*1-21,31H;2-5H,1H3;1-5H;1-3H3;/p+1. The molecule has 0 saturated carbocycles. The van der Waals surface area contributed by atoms with Gasteiger partial charge in [0.05, 0.1) is 0 Å². The molecular weight excluding hydrogens is 1190 g/mol. The maximum Gasteiger partial charge on any atom is 0.132 e. The van der Waals surface area contributed by atoms with Crippen LogP contribution in [0.3, 0.4) is 0 Å². The van der Waals surface area contributed by atoms with Gasteiger partial charge in [0.1, 0.15) is 11.5 Å². The Kier molecular flexibility index (Phi) is 20.7. The van der Waals surface area contributed by atoms with Gasteiger partial charge in [0.2, 0.25) is 0 Å². The van der Waals surface area contributed by atoms with E-state index >= 15 is 0 Å². The van der Waals surface area contributed by atoms with Crippen LogP contribution in [0.15, 0.2) is 316 Å². The van der Waals surface area contributed by atoms with Crippen molar-refractivity contribution in [1.29, 1.82) is 0 Å². The molecule has 0 spiro atoms. The zero-order valence-electron chi connectivity index (χ0n) is 46.6. The number of phenolic OH excluding ortho intramolecular Hbond substituents is 2. The SMILES string of the molecule is C[PH+](C)C.Cc1ccc([N]=[W]=[N]c2ccccc2)cc1.Oc1c(-c2ccccc2)c(-c2ccccc2)cc(-c2ccccc2)c1-c1ccccc1.Oc1c(-c2ccccc2)c(-c2ccccc2)cc(-c2ccccc2)c1-c1ccccc1. The van der Waals surface area contributed by atoms with Gasteiger partial charge >= 0.3 is 104 Å². The van der Waals surface area contributed by atoms with Gasteiger partial charge in [0.25, 0.3) is 0 Å². The number of phenols is 2. The van der Waals surface area contributed by atoms with Crippen molar-refractivity contribution in [3.63, 3.8) is 0 Å². The fourth-order valence-corrected chi connectivity index (χ4v) is 11.2. The van der Waals surface area contributed by atoms with E-state index in [1.165, 1.54) is 5.56 Å². The first-order chi connectivity index (χ1) is 40.2. The van der Waals surface area contributed by atoms with Gasteiger partial charge < -0.3 is 10.2 Å². The maximum atomic E-state index is 11.8. The van der Waals surface area contributed by atoms with E-state index in [0.29, 0.717) is 11.5 Å². The summed E-state index contributed by atoms with van der Waals surface area (Å²) in [6, 6.07) is 104. The molecule has 12 aromatic carbocycles. The van der Waals surface area contributed by atoms with Gasteiger partial charge in [-0.3, -0.25) is 0 Å². The minimum absolute atomic E-state index is 0.120. The fourth-order valence-electron chi connectivity index (χ4n) is 9.52. The van der Waals surface area contributed by atoms with E-state index in [2.05, 4.69) is 167 Å². The van der Waals surface area contributed by atoms with Gasteiger partial charge in [0.15, 0.2) is 0 Å². The van der Waals surface area contributed by atoms with Crippen molar-refractivity contribution in [1.82, 2.24) is 0 Å². The monoisotopic (exact) mass is 1250 g/mol. The fraction of sp³-hybridized carbons (Fsp3) is 0.0526. The third kappa shape index (κ3) is 15.2. The average Bonchev–Trinajstić information content (AvgIpc) is 3.62. The van der Waals surface area contributed by atoms with Crippen molar-refractivity contribution in [2.45, 2.75) is 6.92 Å². The Bertz CT molecular complexity index is 3540. The maximum absolute atomic E-state index is 11.8. The van der Waals surface area contributed by atoms with Crippen LogP contribution in [0.5, 0.6) is 11.5 Å². The smallest absolute Gasteiger partial charge is 0.132 e. The topological polar surface area (TPSA) is 65.2 Å². The Morgan fingerprint density at radius 3 is 0.695 bits per heavy atom. The molecule has 2 N–H and O–H groups in total. The Hall–Kier alpha value is -9.04. The summed E-state index contributed by atoms with van der Waals surface area (Å²) in [4.78, 5) is 0. The summed E-state index contributed by atoms with van der Waals surface area (Å²) in [5.41, 5.74) is 19.1. The van der Waals surface area contributed by atoms with Crippen molar-refractivity contribution in [2.75, 3.05) is 20.0 Å². The molecule has 0 unspecified atom stereocenters. The van der Waals surface area contributed by atoms with Crippen LogP contribution in [0.25, 0.3) is 89.0 Å². The molecule has 402 valence electrons. The summed E-state index contributed by atoms with van der Waals surface area (Å²) in [6.07, 6.45) is 0. The van der Waals surface area contributed by atoms with Gasteiger partial charge in [-0.15, -0.1) is 0 Å². The molecule has 0 heterocycles. The Labute approximate surface area is 493 Å². The quantitative estimate of drug-likeness (QED) is 0.134. The number of aryl methyl sites for hydroxylation is 1. The zero-order valence-corrected chi connectivity index (χ0v) is 50.6. The summed E-state index contributed by atoms with van der Waals surface area (Å²) in [5.74, 6) is 0.607. The molecule has 0 aliphatic carbocycles. The van der Waals surface area contributed by atoms with Crippen LogP contribution in [-0.2, 0) is 18.2 Å². The Morgan fingerprint density at radius 1 is 0.268 bits per heavy atom.